The first-order valence-electron chi connectivity index (χ1n) is 2.78. The molecule has 1 aliphatic rings. The Morgan fingerprint density at radius 1 is 1.80 bits per heavy atom. The maximum Gasteiger partial charge on any atom is 0.326 e. The molecule has 1 saturated heterocycles. The van der Waals surface area contributed by atoms with Crippen molar-refractivity contribution >= 4 is 11.9 Å². The third-order valence-corrected chi connectivity index (χ3v) is 1.34. The van der Waals surface area contributed by atoms with Crippen molar-refractivity contribution in [2.75, 3.05) is 0 Å². The molecule has 0 aromatic rings. The number of amides is 1. The lowest BCUT2D eigenvalue weighted by molar-refractivity contribution is -0.140. The first kappa shape index (κ1) is 6.98. The summed E-state index contributed by atoms with van der Waals surface area (Å²) in [5, 5.41) is 10.3. The number of carbonyl (C=O) groups is 2. The number of alkyl halides is 1. The van der Waals surface area contributed by atoms with E-state index in [0.717, 1.165) is 0 Å². The van der Waals surface area contributed by atoms with E-state index in [0.29, 0.717) is 0 Å². The highest BCUT2D eigenvalue weighted by atomic mass is 19.1. The minimum absolute atomic E-state index is 0.256. The van der Waals surface area contributed by atoms with E-state index >= 15 is 0 Å². The fourth-order valence-corrected chi connectivity index (χ4v) is 0.798. The first-order valence-corrected chi connectivity index (χ1v) is 2.78. The van der Waals surface area contributed by atoms with Crippen molar-refractivity contribution in [3.63, 3.8) is 0 Å². The van der Waals surface area contributed by atoms with Crippen LogP contribution in [0.2, 0.25) is 0 Å². The summed E-state index contributed by atoms with van der Waals surface area (Å²) in [5.41, 5.74) is 0. The molecular formula is C5H6FNO3. The molecule has 0 aliphatic carbocycles. The Kier molecular flexibility index (Phi) is 1.57. The zero-order valence-corrected chi connectivity index (χ0v) is 5.00. The highest BCUT2D eigenvalue weighted by molar-refractivity contribution is 5.90. The molecule has 10 heavy (non-hydrogen) atoms. The van der Waals surface area contributed by atoms with Crippen molar-refractivity contribution in [2.45, 2.75) is 18.6 Å². The second kappa shape index (κ2) is 2.24. The largest absolute Gasteiger partial charge is 0.480 e. The van der Waals surface area contributed by atoms with Gasteiger partial charge in [0, 0.05) is 6.42 Å². The highest BCUT2D eigenvalue weighted by Gasteiger charge is 2.35. The summed E-state index contributed by atoms with van der Waals surface area (Å²) in [6.07, 6.45) is -1.91. The van der Waals surface area contributed by atoms with Crippen LogP contribution in [0.15, 0.2) is 0 Å². The number of rotatable bonds is 1. The topological polar surface area (TPSA) is 66.4 Å². The van der Waals surface area contributed by atoms with Gasteiger partial charge < -0.3 is 10.4 Å². The molecule has 5 heteroatoms. The van der Waals surface area contributed by atoms with Gasteiger partial charge in [-0.3, -0.25) is 4.79 Å². The van der Waals surface area contributed by atoms with Gasteiger partial charge in [-0.1, -0.05) is 0 Å². The van der Waals surface area contributed by atoms with Gasteiger partial charge in [0.1, 0.15) is 6.04 Å². The predicted octanol–water partition coefficient (Wildman–Crippen LogP) is -0.702. The van der Waals surface area contributed by atoms with Crippen LogP contribution in [0.5, 0.6) is 0 Å². The zero-order chi connectivity index (χ0) is 7.72. The smallest absolute Gasteiger partial charge is 0.326 e. The van der Waals surface area contributed by atoms with E-state index in [1.54, 1.807) is 0 Å². The number of aliphatic carboxylic acids is 1. The molecule has 56 valence electrons. The molecule has 1 amide bonds. The van der Waals surface area contributed by atoms with Gasteiger partial charge >= 0.3 is 5.97 Å². The van der Waals surface area contributed by atoms with Crippen LogP contribution in [-0.4, -0.2) is 29.2 Å². The van der Waals surface area contributed by atoms with Crippen molar-refractivity contribution in [2.24, 2.45) is 0 Å². The quantitative estimate of drug-likeness (QED) is 0.515. The molecule has 1 rings (SSSR count). The molecule has 1 aliphatic heterocycles. The van der Waals surface area contributed by atoms with E-state index in [9.17, 15) is 14.0 Å². The molecule has 2 N–H and O–H groups in total. The number of halogens is 1. The Morgan fingerprint density at radius 2 is 2.40 bits per heavy atom. The van der Waals surface area contributed by atoms with Gasteiger partial charge in [-0.2, -0.15) is 0 Å². The number of nitrogens with one attached hydrogen (secondary N) is 1. The van der Waals surface area contributed by atoms with E-state index in [1.165, 1.54) is 0 Å². The van der Waals surface area contributed by atoms with E-state index in [1.807, 2.05) is 5.32 Å². The monoisotopic (exact) mass is 147 g/mol. The molecule has 1 fully saturated rings. The van der Waals surface area contributed by atoms with E-state index in [2.05, 4.69) is 0 Å². The molecule has 1 unspecified atom stereocenters. The summed E-state index contributed by atoms with van der Waals surface area (Å²) in [6, 6.07) is -1.04. The molecule has 1 heterocycles. The first-order chi connectivity index (χ1) is 4.61. The fraction of sp³-hybridized carbons (Fsp3) is 0.600. The van der Waals surface area contributed by atoms with Crippen LogP contribution in [0.3, 0.4) is 0 Å². The minimum Gasteiger partial charge on any atom is -0.480 e. The number of hydrogen-bond acceptors (Lipinski definition) is 2. The average molecular weight is 147 g/mol. The van der Waals surface area contributed by atoms with Crippen LogP contribution in [-0.2, 0) is 9.59 Å². The lowest BCUT2D eigenvalue weighted by Crippen LogP contribution is -2.32. The van der Waals surface area contributed by atoms with Crippen molar-refractivity contribution in [1.29, 1.82) is 0 Å². The maximum absolute atomic E-state index is 12.3. The third-order valence-electron chi connectivity index (χ3n) is 1.34. The number of carboxylic acids is 1. The van der Waals surface area contributed by atoms with Crippen LogP contribution in [0, 0.1) is 0 Å². The SMILES string of the molecule is O=C1N[C@H](C(=O)O)CC1F. The summed E-state index contributed by atoms with van der Waals surface area (Å²) >= 11 is 0. The maximum atomic E-state index is 12.3. The summed E-state index contributed by atoms with van der Waals surface area (Å²) < 4.78 is 12.3. The van der Waals surface area contributed by atoms with Crippen molar-refractivity contribution in [3.05, 3.63) is 0 Å². The Balaban J connectivity index is 2.57. The second-order valence-electron chi connectivity index (χ2n) is 2.10. The molecule has 0 aromatic heterocycles. The second-order valence-corrected chi connectivity index (χ2v) is 2.10. The van der Waals surface area contributed by atoms with Gasteiger partial charge in [-0.05, 0) is 0 Å². The average Bonchev–Trinajstić information content (AvgIpc) is 2.13. The molecular weight excluding hydrogens is 141 g/mol. The van der Waals surface area contributed by atoms with Gasteiger partial charge in [0.25, 0.3) is 5.91 Å². The fourth-order valence-electron chi connectivity index (χ4n) is 0.798. The number of carboxylic acid groups (broad SMARTS) is 1. The van der Waals surface area contributed by atoms with Gasteiger partial charge in [0.05, 0.1) is 0 Å². The summed E-state index contributed by atoms with van der Waals surface area (Å²) in [5.74, 6) is -2.01. The molecule has 2 atom stereocenters. The number of carbonyl (C=O) groups excluding carboxylic acids is 1. The van der Waals surface area contributed by atoms with Crippen LogP contribution in [0.1, 0.15) is 6.42 Å². The Labute approximate surface area is 56.0 Å². The van der Waals surface area contributed by atoms with Gasteiger partial charge in [0.2, 0.25) is 0 Å². The van der Waals surface area contributed by atoms with Gasteiger partial charge in [-0.25, -0.2) is 9.18 Å². The standard InChI is InChI=1S/C5H6FNO3/c6-2-1-3(5(9)10)7-4(2)8/h2-3H,1H2,(H,7,8)(H,9,10)/t2?,3-/m0/s1. The molecule has 0 saturated carbocycles. The van der Waals surface area contributed by atoms with Crippen LogP contribution in [0.25, 0.3) is 0 Å². The van der Waals surface area contributed by atoms with Crippen LogP contribution in [0.4, 0.5) is 4.39 Å². The number of hydrogen-bond donors (Lipinski definition) is 2. The molecule has 0 radical (unpaired) electrons. The molecule has 0 bridgehead atoms. The molecule has 0 spiro atoms. The summed E-state index contributed by atoms with van der Waals surface area (Å²) in [7, 11) is 0. The Bertz CT molecular complexity index is 182. The Hall–Kier alpha value is -1.13. The lowest BCUT2D eigenvalue weighted by atomic mass is 10.2. The predicted molar refractivity (Wildman–Crippen MR) is 29.1 cm³/mol. The Morgan fingerprint density at radius 3 is 2.60 bits per heavy atom. The van der Waals surface area contributed by atoms with E-state index in [-0.39, 0.29) is 6.42 Å². The highest BCUT2D eigenvalue weighted by Crippen LogP contribution is 2.10. The van der Waals surface area contributed by atoms with Crippen LogP contribution >= 0.6 is 0 Å². The third kappa shape index (κ3) is 1.07. The van der Waals surface area contributed by atoms with Gasteiger partial charge in [0.15, 0.2) is 6.17 Å². The van der Waals surface area contributed by atoms with Crippen molar-refractivity contribution in [3.8, 4) is 0 Å². The summed E-state index contributed by atoms with van der Waals surface area (Å²) in [4.78, 5) is 20.5. The molecule has 4 nitrogen and oxygen atoms in total. The van der Waals surface area contributed by atoms with Crippen molar-refractivity contribution in [1.82, 2.24) is 5.32 Å². The van der Waals surface area contributed by atoms with E-state index in [4.69, 9.17) is 5.11 Å². The lowest BCUT2D eigenvalue weighted by Gasteiger charge is -1.99. The zero-order valence-electron chi connectivity index (χ0n) is 5.00. The van der Waals surface area contributed by atoms with E-state index < -0.39 is 24.1 Å². The normalized spacial score (nSPS) is 31.9. The van der Waals surface area contributed by atoms with Crippen molar-refractivity contribution < 1.29 is 19.1 Å². The van der Waals surface area contributed by atoms with Crippen LogP contribution < -0.4 is 5.32 Å². The van der Waals surface area contributed by atoms with Gasteiger partial charge in [-0.15, -0.1) is 0 Å². The molecule has 0 aromatic carbocycles. The minimum atomic E-state index is -1.65. The summed E-state index contributed by atoms with van der Waals surface area (Å²) in [6.45, 7) is 0.